The lowest BCUT2D eigenvalue weighted by Crippen LogP contribution is -2.27. The summed E-state index contributed by atoms with van der Waals surface area (Å²) in [6.07, 6.45) is -0.600. The van der Waals surface area contributed by atoms with E-state index >= 15 is 0 Å². The number of hydrogen-bond acceptors (Lipinski definition) is 6. The summed E-state index contributed by atoms with van der Waals surface area (Å²) < 4.78 is 15.9. The Morgan fingerprint density at radius 1 is 1.09 bits per heavy atom. The minimum Gasteiger partial charge on any atom is -0.493 e. The fourth-order valence-corrected chi connectivity index (χ4v) is 2.56. The number of hydrogen-bond donors (Lipinski definition) is 2. The highest BCUT2D eigenvalue weighted by atomic mass is 16.6. The van der Waals surface area contributed by atoms with Gasteiger partial charge in [0.1, 0.15) is 5.56 Å². The van der Waals surface area contributed by atoms with E-state index in [-0.39, 0.29) is 0 Å². The summed E-state index contributed by atoms with van der Waals surface area (Å²) in [4.78, 5) is 12.2. The maximum atomic E-state index is 12.2. The van der Waals surface area contributed by atoms with Gasteiger partial charge in [-0.25, -0.2) is 4.79 Å². The fraction of sp³-hybridized carbons (Fsp3) is 0.235. The second kappa shape index (κ2) is 6.18. The van der Waals surface area contributed by atoms with E-state index in [1.165, 1.54) is 14.2 Å². The van der Waals surface area contributed by atoms with Crippen LogP contribution in [0.4, 0.5) is 5.69 Å². The van der Waals surface area contributed by atoms with Crippen LogP contribution in [0.2, 0.25) is 0 Å². The summed E-state index contributed by atoms with van der Waals surface area (Å²) >= 11 is 0. The number of fused-ring (bicyclic) bond motifs is 1. The largest absolute Gasteiger partial charge is 0.493 e. The minimum absolute atomic E-state index is 0.384. The molecule has 0 saturated carbocycles. The highest BCUT2D eigenvalue weighted by Crippen LogP contribution is 2.40. The van der Waals surface area contributed by atoms with Crippen molar-refractivity contribution in [3.8, 4) is 11.5 Å². The monoisotopic (exact) mass is 314 g/mol. The molecule has 2 N–H and O–H groups in total. The smallest absolute Gasteiger partial charge is 0.344 e. The van der Waals surface area contributed by atoms with Gasteiger partial charge in [-0.1, -0.05) is 18.2 Å². The van der Waals surface area contributed by atoms with Gasteiger partial charge in [-0.05, 0) is 30.7 Å². The average Bonchev–Trinajstić information content (AvgIpc) is 2.89. The lowest BCUT2D eigenvalue weighted by molar-refractivity contribution is 0.0326. The zero-order valence-corrected chi connectivity index (χ0v) is 13.2. The molecule has 1 heterocycles. The molecule has 0 unspecified atom stereocenters. The van der Waals surface area contributed by atoms with Gasteiger partial charge in [0, 0.05) is 5.56 Å². The number of carbonyl (C=O) groups is 1. The van der Waals surface area contributed by atoms with E-state index in [0.29, 0.717) is 22.6 Å². The zero-order valence-electron chi connectivity index (χ0n) is 13.2. The maximum absolute atomic E-state index is 12.2. The van der Waals surface area contributed by atoms with E-state index in [9.17, 15) is 4.79 Å². The molecule has 120 valence electrons. The summed E-state index contributed by atoms with van der Waals surface area (Å²) in [5.74, 6) is 0.436. The van der Waals surface area contributed by atoms with Crippen LogP contribution in [0.25, 0.3) is 0 Å². The van der Waals surface area contributed by atoms with Crippen LogP contribution < -0.4 is 20.3 Å². The number of anilines is 1. The second-order valence-electron chi connectivity index (χ2n) is 5.13. The molecule has 1 aliphatic rings. The van der Waals surface area contributed by atoms with E-state index in [0.717, 1.165) is 11.3 Å². The van der Waals surface area contributed by atoms with Crippen LogP contribution in [0.3, 0.4) is 0 Å². The van der Waals surface area contributed by atoms with E-state index in [1.807, 2.05) is 31.2 Å². The topological polar surface area (TPSA) is 68.8 Å². The first-order valence-corrected chi connectivity index (χ1v) is 7.18. The summed E-state index contributed by atoms with van der Waals surface area (Å²) in [7, 11) is 3.03. The molecule has 2 aromatic rings. The Bertz CT molecular complexity index is 745. The van der Waals surface area contributed by atoms with Gasteiger partial charge in [-0.3, -0.25) is 0 Å². The van der Waals surface area contributed by atoms with Gasteiger partial charge in [0.2, 0.25) is 0 Å². The molecule has 0 fully saturated rings. The van der Waals surface area contributed by atoms with Gasteiger partial charge >= 0.3 is 5.97 Å². The molecule has 1 atom stereocenters. The SMILES string of the molecule is COc1ccc2c(c1OC)C(=O)O[C@@H]2NNc1ccccc1C. The molecule has 0 amide bonds. The molecular weight excluding hydrogens is 296 g/mol. The Balaban J connectivity index is 1.86. The number of aryl methyl sites for hydroxylation is 1. The maximum Gasteiger partial charge on any atom is 0.344 e. The number of para-hydroxylation sites is 1. The summed E-state index contributed by atoms with van der Waals surface area (Å²) in [5, 5.41) is 0. The summed E-state index contributed by atoms with van der Waals surface area (Å²) in [6.45, 7) is 1.99. The second-order valence-corrected chi connectivity index (χ2v) is 5.13. The Morgan fingerprint density at radius 3 is 2.57 bits per heavy atom. The van der Waals surface area contributed by atoms with Gasteiger partial charge in [0.05, 0.1) is 19.9 Å². The van der Waals surface area contributed by atoms with Crippen LogP contribution in [-0.2, 0) is 4.74 Å². The predicted octanol–water partition coefficient (Wildman–Crippen LogP) is 2.80. The standard InChI is InChI=1S/C17H18N2O4/c1-10-6-4-5-7-12(10)18-19-16-11-8-9-13(21-2)15(22-3)14(11)17(20)23-16/h4-9,16,18-19H,1-3H3/t16-/m0/s1. The number of esters is 1. The first-order valence-electron chi connectivity index (χ1n) is 7.18. The summed E-state index contributed by atoms with van der Waals surface area (Å²) in [5.41, 5.74) is 9.19. The number of rotatable bonds is 5. The number of ether oxygens (including phenoxy) is 3. The molecule has 0 saturated heterocycles. The lowest BCUT2D eigenvalue weighted by Gasteiger charge is -2.16. The first kappa shape index (κ1) is 15.2. The number of benzene rings is 2. The van der Waals surface area contributed by atoms with E-state index < -0.39 is 12.2 Å². The molecule has 6 heteroatoms. The predicted molar refractivity (Wildman–Crippen MR) is 85.6 cm³/mol. The zero-order chi connectivity index (χ0) is 16.4. The Labute approximate surface area is 134 Å². The average molecular weight is 314 g/mol. The molecule has 0 radical (unpaired) electrons. The van der Waals surface area contributed by atoms with Crippen molar-refractivity contribution in [1.29, 1.82) is 0 Å². The van der Waals surface area contributed by atoms with Crippen molar-refractivity contribution in [2.24, 2.45) is 0 Å². The molecule has 0 aromatic heterocycles. The molecule has 23 heavy (non-hydrogen) atoms. The number of cyclic esters (lactones) is 1. The third-order valence-corrected chi connectivity index (χ3v) is 3.77. The molecule has 0 aliphatic carbocycles. The van der Waals surface area contributed by atoms with Crippen molar-refractivity contribution in [2.75, 3.05) is 19.6 Å². The Morgan fingerprint density at radius 2 is 1.87 bits per heavy atom. The van der Waals surface area contributed by atoms with Crippen LogP contribution in [0.5, 0.6) is 11.5 Å². The Hall–Kier alpha value is -2.73. The van der Waals surface area contributed by atoms with Crippen molar-refractivity contribution in [3.63, 3.8) is 0 Å². The van der Waals surface area contributed by atoms with Gasteiger partial charge < -0.3 is 19.6 Å². The highest BCUT2D eigenvalue weighted by Gasteiger charge is 2.35. The van der Waals surface area contributed by atoms with Crippen LogP contribution >= 0.6 is 0 Å². The first-order chi connectivity index (χ1) is 11.2. The number of carbonyl (C=O) groups excluding carboxylic acids is 1. The van der Waals surface area contributed by atoms with E-state index in [1.54, 1.807) is 12.1 Å². The minimum atomic E-state index is -0.600. The molecular formula is C17H18N2O4. The van der Waals surface area contributed by atoms with Gasteiger partial charge in [0.15, 0.2) is 17.7 Å². The molecule has 3 rings (SSSR count). The molecule has 6 nitrogen and oxygen atoms in total. The number of methoxy groups -OCH3 is 2. The number of hydrazine groups is 1. The van der Waals surface area contributed by atoms with Gasteiger partial charge in [-0.2, -0.15) is 5.43 Å². The quantitative estimate of drug-likeness (QED) is 0.653. The fourth-order valence-electron chi connectivity index (χ4n) is 2.56. The molecule has 0 spiro atoms. The Kier molecular flexibility index (Phi) is 4.08. The summed E-state index contributed by atoms with van der Waals surface area (Å²) in [6, 6.07) is 11.4. The van der Waals surface area contributed by atoms with Crippen molar-refractivity contribution in [3.05, 3.63) is 53.1 Å². The molecule has 0 bridgehead atoms. The number of nitrogens with one attached hydrogen (secondary N) is 2. The van der Waals surface area contributed by atoms with Gasteiger partial charge in [0.25, 0.3) is 0 Å². The highest BCUT2D eigenvalue weighted by molar-refractivity contribution is 5.98. The van der Waals surface area contributed by atoms with Crippen molar-refractivity contribution in [2.45, 2.75) is 13.2 Å². The van der Waals surface area contributed by atoms with E-state index in [4.69, 9.17) is 14.2 Å². The van der Waals surface area contributed by atoms with Crippen LogP contribution in [-0.4, -0.2) is 20.2 Å². The third kappa shape index (κ3) is 2.68. The lowest BCUT2D eigenvalue weighted by atomic mass is 10.1. The van der Waals surface area contributed by atoms with Crippen LogP contribution in [0.15, 0.2) is 36.4 Å². The normalized spacial score (nSPS) is 15.8. The molecule has 1 aliphatic heterocycles. The van der Waals surface area contributed by atoms with Crippen LogP contribution in [0.1, 0.15) is 27.7 Å². The van der Waals surface area contributed by atoms with Crippen molar-refractivity contribution >= 4 is 11.7 Å². The van der Waals surface area contributed by atoms with Crippen LogP contribution in [0, 0.1) is 6.92 Å². The third-order valence-electron chi connectivity index (χ3n) is 3.77. The molecule has 2 aromatic carbocycles. The van der Waals surface area contributed by atoms with E-state index in [2.05, 4.69) is 10.9 Å². The van der Waals surface area contributed by atoms with Crippen molar-refractivity contribution in [1.82, 2.24) is 5.43 Å². The van der Waals surface area contributed by atoms with Crippen molar-refractivity contribution < 1.29 is 19.0 Å². The van der Waals surface area contributed by atoms with Gasteiger partial charge in [-0.15, -0.1) is 0 Å².